The number of amides is 1. The number of phenols is 1. The maximum atomic E-state index is 12.9. The topological polar surface area (TPSA) is 131 Å². The molecule has 29 heavy (non-hydrogen) atoms. The number of nitrogens with one attached hydrogen (secondary N) is 2. The average Bonchev–Trinajstić information content (AvgIpc) is 2.75. The monoisotopic (exact) mass is 385 g/mol. The minimum atomic E-state index is -0.564. The number of hydrazone groups is 1. The van der Waals surface area contributed by atoms with Gasteiger partial charge in [-0.15, -0.1) is 0 Å². The summed E-state index contributed by atoms with van der Waals surface area (Å²) < 4.78 is 5.23. The average molecular weight is 385 g/mol. The quantitative estimate of drug-likeness (QED) is 0.349. The van der Waals surface area contributed by atoms with Crippen LogP contribution in [0.15, 0.2) is 59.7 Å². The normalized spacial score (nSPS) is 9.76. The smallest absolute Gasteiger partial charge is 0.259 e. The Kier molecular flexibility index (Phi) is 5.58. The second kappa shape index (κ2) is 8.42. The Labute approximate surface area is 166 Å². The Hall–Kier alpha value is -4.56. The van der Waals surface area contributed by atoms with Crippen molar-refractivity contribution in [3.63, 3.8) is 0 Å². The largest absolute Gasteiger partial charge is 0.505 e. The Balaban J connectivity index is 2.08. The van der Waals surface area contributed by atoms with Gasteiger partial charge in [0.2, 0.25) is 5.71 Å². The fraction of sp³-hybridized carbons (Fsp3) is 0.0476. The van der Waals surface area contributed by atoms with E-state index in [0.717, 1.165) is 0 Å². The summed E-state index contributed by atoms with van der Waals surface area (Å²) in [7, 11) is 1.49. The van der Waals surface area contributed by atoms with E-state index in [2.05, 4.69) is 15.8 Å². The number of hydrogen-bond donors (Lipinski definition) is 3. The first kappa shape index (κ1) is 19.2. The number of fused-ring (bicyclic) bond motifs is 1. The molecule has 3 aromatic rings. The van der Waals surface area contributed by atoms with Gasteiger partial charge < -0.3 is 15.2 Å². The first-order chi connectivity index (χ1) is 14.1. The lowest BCUT2D eigenvalue weighted by molar-refractivity contribution is 0.102. The molecule has 8 heteroatoms. The van der Waals surface area contributed by atoms with Crippen LogP contribution in [0.3, 0.4) is 0 Å². The number of anilines is 2. The molecule has 3 aromatic carbocycles. The number of rotatable bonds is 5. The van der Waals surface area contributed by atoms with Crippen molar-refractivity contribution in [2.24, 2.45) is 5.10 Å². The van der Waals surface area contributed by atoms with Crippen molar-refractivity contribution >= 4 is 33.8 Å². The molecule has 0 saturated carbocycles. The number of phenolic OH excluding ortho intramolecular Hbond substituents is 1. The highest BCUT2D eigenvalue weighted by Crippen LogP contribution is 2.37. The highest BCUT2D eigenvalue weighted by atomic mass is 16.5. The highest BCUT2D eigenvalue weighted by Gasteiger charge is 2.19. The van der Waals surface area contributed by atoms with Gasteiger partial charge in [0.15, 0.2) is 5.75 Å². The fourth-order valence-electron chi connectivity index (χ4n) is 2.75. The van der Waals surface area contributed by atoms with Gasteiger partial charge in [0.05, 0.1) is 18.4 Å². The zero-order valence-corrected chi connectivity index (χ0v) is 15.3. The minimum Gasteiger partial charge on any atom is -0.505 e. The van der Waals surface area contributed by atoms with E-state index in [4.69, 9.17) is 15.3 Å². The third kappa shape index (κ3) is 3.92. The third-order valence-electron chi connectivity index (χ3n) is 4.11. The Bertz CT molecular complexity index is 1190. The molecule has 0 bridgehead atoms. The van der Waals surface area contributed by atoms with Crippen molar-refractivity contribution in [1.82, 2.24) is 0 Å². The minimum absolute atomic E-state index is 0.0113. The summed E-state index contributed by atoms with van der Waals surface area (Å²) in [6.45, 7) is 0. The van der Waals surface area contributed by atoms with E-state index < -0.39 is 11.6 Å². The van der Waals surface area contributed by atoms with Crippen LogP contribution in [-0.2, 0) is 0 Å². The van der Waals surface area contributed by atoms with Crippen LogP contribution >= 0.6 is 0 Å². The lowest BCUT2D eigenvalue weighted by Gasteiger charge is -2.14. The molecule has 0 unspecified atom stereocenters. The van der Waals surface area contributed by atoms with E-state index in [0.29, 0.717) is 22.2 Å². The molecule has 0 fully saturated rings. The van der Waals surface area contributed by atoms with Gasteiger partial charge in [0, 0.05) is 5.39 Å². The van der Waals surface area contributed by atoms with Gasteiger partial charge in [-0.3, -0.25) is 10.2 Å². The molecule has 8 nitrogen and oxygen atoms in total. The van der Waals surface area contributed by atoms with Crippen LogP contribution < -0.4 is 15.5 Å². The molecule has 3 N–H and O–H groups in total. The first-order valence-corrected chi connectivity index (χ1v) is 8.42. The highest BCUT2D eigenvalue weighted by molar-refractivity contribution is 6.13. The van der Waals surface area contributed by atoms with Crippen molar-refractivity contribution < 1.29 is 14.6 Å². The van der Waals surface area contributed by atoms with Crippen LogP contribution in [0, 0.1) is 22.7 Å². The number of nitriles is 2. The summed E-state index contributed by atoms with van der Waals surface area (Å²) in [4.78, 5) is 12.9. The van der Waals surface area contributed by atoms with Crippen molar-refractivity contribution in [2.75, 3.05) is 17.9 Å². The van der Waals surface area contributed by atoms with E-state index in [1.54, 1.807) is 66.7 Å². The standard InChI is InChI=1S/C21H15N5O3/c1-29-18-9-5-4-8-17(18)24-21(28)16-10-13-6-2-3-7-15(13)19(20(16)27)26-25-14(11-22)12-23/h2-10,26-27H,1H3,(H,24,28). The number of ether oxygens (including phenoxy) is 1. The molecule has 0 aliphatic rings. The molecule has 1 amide bonds. The summed E-state index contributed by atoms with van der Waals surface area (Å²) in [5.41, 5.74) is 2.65. The van der Waals surface area contributed by atoms with Crippen molar-refractivity contribution in [3.8, 4) is 23.6 Å². The lowest BCUT2D eigenvalue weighted by atomic mass is 10.0. The molecule has 0 heterocycles. The summed E-state index contributed by atoms with van der Waals surface area (Å²) in [6.07, 6.45) is 0. The van der Waals surface area contributed by atoms with Crippen LogP contribution in [0.2, 0.25) is 0 Å². The van der Waals surface area contributed by atoms with Crippen LogP contribution in [-0.4, -0.2) is 23.8 Å². The van der Waals surface area contributed by atoms with E-state index >= 15 is 0 Å². The zero-order chi connectivity index (χ0) is 20.8. The molecule has 0 aliphatic carbocycles. The van der Waals surface area contributed by atoms with Gasteiger partial charge in [-0.2, -0.15) is 15.6 Å². The summed E-state index contributed by atoms with van der Waals surface area (Å²) in [5.74, 6) is -0.461. The number of methoxy groups -OCH3 is 1. The Morgan fingerprint density at radius 2 is 1.79 bits per heavy atom. The molecule has 0 spiro atoms. The van der Waals surface area contributed by atoms with Crippen LogP contribution in [0.4, 0.5) is 11.4 Å². The number of para-hydroxylation sites is 2. The van der Waals surface area contributed by atoms with Crippen LogP contribution in [0.5, 0.6) is 11.5 Å². The molecule has 0 aromatic heterocycles. The first-order valence-electron chi connectivity index (χ1n) is 8.42. The maximum absolute atomic E-state index is 12.9. The molecular weight excluding hydrogens is 370 g/mol. The van der Waals surface area contributed by atoms with Crippen molar-refractivity contribution in [1.29, 1.82) is 10.5 Å². The maximum Gasteiger partial charge on any atom is 0.259 e. The van der Waals surface area contributed by atoms with Crippen molar-refractivity contribution in [2.45, 2.75) is 0 Å². The molecule has 0 aliphatic heterocycles. The van der Waals surface area contributed by atoms with E-state index in [1.807, 2.05) is 0 Å². The van der Waals surface area contributed by atoms with Gasteiger partial charge in [-0.05, 0) is 23.6 Å². The Morgan fingerprint density at radius 1 is 1.10 bits per heavy atom. The fourth-order valence-corrected chi connectivity index (χ4v) is 2.75. The molecule has 0 atom stereocenters. The molecule has 0 saturated heterocycles. The second-order valence-corrected chi connectivity index (χ2v) is 5.82. The van der Waals surface area contributed by atoms with Gasteiger partial charge in [-0.25, -0.2) is 0 Å². The van der Waals surface area contributed by atoms with Crippen LogP contribution in [0.1, 0.15) is 10.4 Å². The number of nitrogens with zero attached hydrogens (tertiary/aromatic N) is 3. The lowest BCUT2D eigenvalue weighted by Crippen LogP contribution is -2.13. The van der Waals surface area contributed by atoms with E-state index in [1.165, 1.54) is 7.11 Å². The summed E-state index contributed by atoms with van der Waals surface area (Å²) in [6, 6.07) is 18.7. The van der Waals surface area contributed by atoms with E-state index in [-0.39, 0.29) is 17.0 Å². The number of aromatic hydroxyl groups is 1. The van der Waals surface area contributed by atoms with Gasteiger partial charge >= 0.3 is 0 Å². The summed E-state index contributed by atoms with van der Waals surface area (Å²) in [5, 5.41) is 36.1. The third-order valence-corrected chi connectivity index (χ3v) is 4.11. The molecule has 3 rings (SSSR count). The molecule has 142 valence electrons. The molecule has 0 radical (unpaired) electrons. The van der Waals surface area contributed by atoms with Gasteiger partial charge in [0.1, 0.15) is 23.6 Å². The zero-order valence-electron chi connectivity index (χ0n) is 15.3. The predicted octanol–water partition coefficient (Wildman–Crippen LogP) is 3.62. The van der Waals surface area contributed by atoms with Gasteiger partial charge in [0.25, 0.3) is 5.91 Å². The number of carbonyl (C=O) groups is 1. The van der Waals surface area contributed by atoms with Crippen molar-refractivity contribution in [3.05, 3.63) is 60.2 Å². The van der Waals surface area contributed by atoms with E-state index in [9.17, 15) is 9.90 Å². The number of hydrogen-bond acceptors (Lipinski definition) is 7. The second-order valence-electron chi connectivity index (χ2n) is 5.82. The predicted molar refractivity (Wildman–Crippen MR) is 109 cm³/mol. The summed E-state index contributed by atoms with van der Waals surface area (Å²) >= 11 is 0. The van der Waals surface area contributed by atoms with Gasteiger partial charge in [-0.1, -0.05) is 36.4 Å². The number of benzene rings is 3. The molecular formula is C21H15N5O3. The Morgan fingerprint density at radius 3 is 2.52 bits per heavy atom. The van der Waals surface area contributed by atoms with Crippen LogP contribution in [0.25, 0.3) is 10.8 Å². The SMILES string of the molecule is COc1ccccc1NC(=O)c1cc2ccccc2c(NN=C(C#N)C#N)c1O. The number of carbonyl (C=O) groups excluding carboxylic acids is 1.